The van der Waals surface area contributed by atoms with Crippen LogP contribution < -0.4 is 11.2 Å². The first kappa shape index (κ1) is 13.3. The lowest BCUT2D eigenvalue weighted by Crippen LogP contribution is -2.37. The molecule has 0 bridgehead atoms. The van der Waals surface area contributed by atoms with Gasteiger partial charge in [-0.3, -0.25) is 9.36 Å². The summed E-state index contributed by atoms with van der Waals surface area (Å²) in [4.78, 5) is 28.5. The zero-order valence-corrected chi connectivity index (χ0v) is 11.8. The third-order valence-corrected chi connectivity index (χ3v) is 3.36. The van der Waals surface area contributed by atoms with Gasteiger partial charge < -0.3 is 4.42 Å². The minimum atomic E-state index is -0.592. The second-order valence-electron chi connectivity index (χ2n) is 4.99. The predicted molar refractivity (Wildman–Crippen MR) is 78.7 cm³/mol. The molecule has 0 saturated carbocycles. The fourth-order valence-corrected chi connectivity index (χ4v) is 2.39. The Morgan fingerprint density at radius 3 is 2.57 bits per heavy atom. The molecule has 2 aliphatic heterocycles. The van der Waals surface area contributed by atoms with Crippen LogP contribution in [0.25, 0.3) is 11.5 Å². The minimum Gasteiger partial charge on any atom is -0.443 e. The second-order valence-corrected chi connectivity index (χ2v) is 4.99. The van der Waals surface area contributed by atoms with Gasteiger partial charge in [0, 0.05) is 0 Å². The van der Waals surface area contributed by atoms with Crippen molar-refractivity contribution in [3.8, 4) is 11.5 Å². The molecule has 5 nitrogen and oxygen atoms in total. The number of hydrogen-bond donors (Lipinski definition) is 0. The SMILES string of the molecule is Cc1cc(C)c2c(=O)n(Cc3ccccc3)c(=O)nc-2o1. The van der Waals surface area contributed by atoms with Crippen molar-refractivity contribution < 1.29 is 4.42 Å². The molecule has 0 spiro atoms. The van der Waals surface area contributed by atoms with Crippen LogP contribution in [-0.4, -0.2) is 9.55 Å². The number of hydrogen-bond acceptors (Lipinski definition) is 4. The maximum absolute atomic E-state index is 12.5. The molecule has 0 aromatic heterocycles. The van der Waals surface area contributed by atoms with Gasteiger partial charge in [-0.2, -0.15) is 4.98 Å². The van der Waals surface area contributed by atoms with E-state index >= 15 is 0 Å². The average Bonchev–Trinajstić information content (AvgIpc) is 2.43. The molecule has 0 unspecified atom stereocenters. The number of benzene rings is 1. The third kappa shape index (κ3) is 2.38. The Hall–Kier alpha value is -2.69. The lowest BCUT2D eigenvalue weighted by Gasteiger charge is -2.10. The molecule has 1 aromatic rings. The van der Waals surface area contributed by atoms with Crippen molar-refractivity contribution >= 4 is 0 Å². The van der Waals surface area contributed by atoms with Crippen molar-refractivity contribution in [2.24, 2.45) is 0 Å². The summed E-state index contributed by atoms with van der Waals surface area (Å²) >= 11 is 0. The van der Waals surface area contributed by atoms with Crippen LogP contribution in [0.2, 0.25) is 0 Å². The number of fused-ring (bicyclic) bond motifs is 1. The summed E-state index contributed by atoms with van der Waals surface area (Å²) in [6.07, 6.45) is 0. The van der Waals surface area contributed by atoms with Crippen LogP contribution in [0, 0.1) is 13.8 Å². The minimum absolute atomic E-state index is 0.104. The van der Waals surface area contributed by atoms with Crippen LogP contribution in [-0.2, 0) is 6.54 Å². The van der Waals surface area contributed by atoms with Crippen LogP contribution in [0.1, 0.15) is 16.9 Å². The molecule has 0 fully saturated rings. The van der Waals surface area contributed by atoms with Crippen molar-refractivity contribution in [1.29, 1.82) is 0 Å². The molecule has 106 valence electrons. The normalized spacial score (nSPS) is 11.0. The second kappa shape index (κ2) is 5.01. The molecule has 0 N–H and O–H groups in total. The third-order valence-electron chi connectivity index (χ3n) is 3.36. The summed E-state index contributed by atoms with van der Waals surface area (Å²) in [7, 11) is 0. The summed E-state index contributed by atoms with van der Waals surface area (Å²) in [5.74, 6) is 0.721. The molecule has 2 heterocycles. The Balaban J connectivity index is 2.23. The van der Waals surface area contributed by atoms with Gasteiger partial charge >= 0.3 is 5.69 Å². The summed E-state index contributed by atoms with van der Waals surface area (Å²) in [5, 5.41) is 0. The molecule has 3 rings (SSSR count). The zero-order chi connectivity index (χ0) is 15.0. The van der Waals surface area contributed by atoms with Gasteiger partial charge in [0.2, 0.25) is 5.89 Å². The number of aromatic nitrogens is 2. The lowest BCUT2D eigenvalue weighted by molar-refractivity contribution is 0.502. The van der Waals surface area contributed by atoms with E-state index in [-0.39, 0.29) is 18.0 Å². The van der Waals surface area contributed by atoms with E-state index in [2.05, 4.69) is 4.98 Å². The van der Waals surface area contributed by atoms with Gasteiger partial charge in [0.25, 0.3) is 5.56 Å². The molecule has 0 amide bonds. The van der Waals surface area contributed by atoms with Gasteiger partial charge in [0.15, 0.2) is 0 Å². The van der Waals surface area contributed by atoms with Gasteiger partial charge in [-0.1, -0.05) is 30.3 Å². The Kier molecular flexibility index (Phi) is 3.17. The van der Waals surface area contributed by atoms with Crippen LogP contribution in [0.4, 0.5) is 0 Å². The van der Waals surface area contributed by atoms with E-state index in [1.807, 2.05) is 37.3 Å². The highest BCUT2D eigenvalue weighted by Crippen LogP contribution is 2.20. The van der Waals surface area contributed by atoms with Crippen LogP contribution in [0.3, 0.4) is 0 Å². The maximum atomic E-state index is 12.5. The van der Waals surface area contributed by atoms with Gasteiger partial charge in [-0.25, -0.2) is 4.79 Å². The molecule has 1 aromatic carbocycles. The Morgan fingerprint density at radius 1 is 1.14 bits per heavy atom. The first-order chi connectivity index (χ1) is 10.1. The quantitative estimate of drug-likeness (QED) is 0.720. The topological polar surface area (TPSA) is 65.1 Å². The molecule has 21 heavy (non-hydrogen) atoms. The van der Waals surface area contributed by atoms with E-state index in [1.165, 1.54) is 0 Å². The first-order valence-electron chi connectivity index (χ1n) is 6.62. The highest BCUT2D eigenvalue weighted by atomic mass is 16.3. The van der Waals surface area contributed by atoms with Crippen molar-refractivity contribution in [2.45, 2.75) is 20.4 Å². The molecule has 0 saturated heterocycles. The largest absolute Gasteiger partial charge is 0.443 e. The first-order valence-corrected chi connectivity index (χ1v) is 6.62. The fraction of sp³-hybridized carbons (Fsp3) is 0.188. The standard InChI is InChI=1S/C16H14N2O3/c1-10-8-11(2)21-14-13(10)15(19)18(16(20)17-14)9-12-6-4-3-5-7-12/h3-8H,9H2,1-2H3. The highest BCUT2D eigenvalue weighted by molar-refractivity contribution is 5.57. The van der Waals surface area contributed by atoms with Gasteiger partial charge in [-0.05, 0) is 31.0 Å². The van der Waals surface area contributed by atoms with E-state index in [0.29, 0.717) is 11.3 Å². The molecule has 0 aliphatic carbocycles. The van der Waals surface area contributed by atoms with E-state index in [9.17, 15) is 9.59 Å². The summed E-state index contributed by atoms with van der Waals surface area (Å²) in [6, 6.07) is 11.1. The average molecular weight is 282 g/mol. The van der Waals surface area contributed by atoms with Crippen molar-refractivity contribution in [3.05, 3.63) is 74.1 Å². The van der Waals surface area contributed by atoms with Crippen molar-refractivity contribution in [1.82, 2.24) is 9.55 Å². The van der Waals surface area contributed by atoms with E-state index in [1.54, 1.807) is 13.0 Å². The summed E-state index contributed by atoms with van der Waals surface area (Å²) < 4.78 is 6.52. The molecular weight excluding hydrogens is 268 g/mol. The number of nitrogens with zero attached hydrogens (tertiary/aromatic N) is 2. The highest BCUT2D eigenvalue weighted by Gasteiger charge is 2.19. The molecule has 5 heteroatoms. The van der Waals surface area contributed by atoms with Crippen molar-refractivity contribution in [2.75, 3.05) is 0 Å². The Bertz CT molecular complexity index is 878. The molecular formula is C16H14N2O3. The monoisotopic (exact) mass is 282 g/mol. The van der Waals surface area contributed by atoms with E-state index in [0.717, 1.165) is 15.7 Å². The van der Waals surface area contributed by atoms with Gasteiger partial charge in [0.1, 0.15) is 11.3 Å². The lowest BCUT2D eigenvalue weighted by atomic mass is 10.1. The van der Waals surface area contributed by atoms with Gasteiger partial charge in [0.05, 0.1) is 6.54 Å². The molecule has 2 aliphatic rings. The fourth-order valence-electron chi connectivity index (χ4n) is 2.39. The van der Waals surface area contributed by atoms with Crippen LogP contribution in [0.5, 0.6) is 0 Å². The summed E-state index contributed by atoms with van der Waals surface area (Å²) in [6.45, 7) is 3.77. The van der Waals surface area contributed by atoms with Crippen LogP contribution >= 0.6 is 0 Å². The zero-order valence-electron chi connectivity index (χ0n) is 11.8. The van der Waals surface area contributed by atoms with E-state index in [4.69, 9.17) is 4.42 Å². The maximum Gasteiger partial charge on any atom is 0.354 e. The van der Waals surface area contributed by atoms with Crippen molar-refractivity contribution in [3.63, 3.8) is 0 Å². The smallest absolute Gasteiger partial charge is 0.354 e. The molecule has 0 radical (unpaired) electrons. The van der Waals surface area contributed by atoms with Gasteiger partial charge in [-0.15, -0.1) is 0 Å². The molecule has 0 atom stereocenters. The van der Waals surface area contributed by atoms with Crippen LogP contribution in [0.15, 0.2) is 50.4 Å². The van der Waals surface area contributed by atoms with E-state index < -0.39 is 5.69 Å². The number of rotatable bonds is 2. The summed E-state index contributed by atoms with van der Waals surface area (Å²) in [5.41, 5.74) is 1.03. The number of aryl methyl sites for hydroxylation is 2. The Labute approximate surface area is 120 Å². The Morgan fingerprint density at radius 2 is 1.86 bits per heavy atom. The predicted octanol–water partition coefficient (Wildman–Crippen LogP) is 1.97.